The Balaban J connectivity index is 4.68. The Kier molecular flexibility index (Phi) is 5.25. The Morgan fingerprint density at radius 2 is 1.17 bits per heavy atom. The molecule has 12 heavy (non-hydrogen) atoms. The van der Waals surface area contributed by atoms with Crippen molar-refractivity contribution >= 4 is 44.0 Å². The van der Waals surface area contributed by atoms with Gasteiger partial charge in [0.15, 0.2) is 0 Å². The van der Waals surface area contributed by atoms with Crippen molar-refractivity contribution in [3.05, 3.63) is 8.94 Å². The van der Waals surface area contributed by atoms with Crippen molar-refractivity contribution in [1.29, 1.82) is 0 Å². The van der Waals surface area contributed by atoms with Gasteiger partial charge in [0.25, 0.3) is 0 Å². The van der Waals surface area contributed by atoms with E-state index >= 15 is 0 Å². The predicted molar refractivity (Wildman–Crippen MR) is 42.6 cm³/mol. The summed E-state index contributed by atoms with van der Waals surface area (Å²) in [6.45, 7) is 0. The summed E-state index contributed by atoms with van der Waals surface area (Å²) in [5, 5.41) is 0. The summed E-state index contributed by atoms with van der Waals surface area (Å²) in [6, 6.07) is 0. The fourth-order valence-corrected chi connectivity index (χ4v) is 1.07. The average molecular weight is 300 g/mol. The van der Waals surface area contributed by atoms with Gasteiger partial charge in [0.05, 0.1) is 0 Å². The van der Waals surface area contributed by atoms with Gasteiger partial charge in [0.1, 0.15) is 0 Å². The van der Waals surface area contributed by atoms with Crippen LogP contribution >= 0.6 is 0 Å². The quantitative estimate of drug-likeness (QED) is 0.368. The van der Waals surface area contributed by atoms with E-state index in [1.54, 1.807) is 0 Å². The predicted octanol–water partition coefficient (Wildman–Crippen LogP) is -1.12. The van der Waals surface area contributed by atoms with Gasteiger partial charge >= 0.3 is 86.2 Å². The first-order chi connectivity index (χ1) is 5.54. The molecule has 6 heteroatoms. The van der Waals surface area contributed by atoms with Crippen molar-refractivity contribution in [3.63, 3.8) is 0 Å². The van der Waals surface area contributed by atoms with E-state index in [-0.39, 0.29) is 8.94 Å². The van der Waals surface area contributed by atoms with E-state index in [0.29, 0.717) is 0 Å². The molecule has 0 aromatic carbocycles. The summed E-state index contributed by atoms with van der Waals surface area (Å²) in [5.41, 5.74) is 0. The zero-order valence-corrected chi connectivity index (χ0v) is 9.88. The van der Waals surface area contributed by atoms with Gasteiger partial charge in [-0.3, -0.25) is 0 Å². The Bertz CT molecular complexity index is 210. The second-order valence-electron chi connectivity index (χ2n) is 1.64. The minimum absolute atomic E-state index is 0.0874. The minimum atomic E-state index is -0.603. The van der Waals surface area contributed by atoms with Crippen LogP contribution in [0.25, 0.3) is 0 Å². The number of methoxy groups -OCH3 is 2. The fourth-order valence-electron chi connectivity index (χ4n) is 0.371. The van der Waals surface area contributed by atoms with Gasteiger partial charge in [-0.25, -0.2) is 0 Å². The van der Waals surface area contributed by atoms with Gasteiger partial charge in [-0.2, -0.15) is 0 Å². The summed E-state index contributed by atoms with van der Waals surface area (Å²) in [4.78, 5) is 21.7. The molecular formula is C6H6O4Se2. The summed E-state index contributed by atoms with van der Waals surface area (Å²) < 4.78 is 8.92. The monoisotopic (exact) mass is 302 g/mol. The molecule has 0 spiro atoms. The van der Waals surface area contributed by atoms with Crippen LogP contribution in [0.15, 0.2) is 8.94 Å². The number of esters is 2. The average Bonchev–Trinajstić information content (AvgIpc) is 2.12. The Morgan fingerprint density at radius 3 is 1.33 bits per heavy atom. The van der Waals surface area contributed by atoms with Crippen molar-refractivity contribution in [2.75, 3.05) is 14.2 Å². The number of ether oxygens (including phenoxy) is 2. The molecule has 0 heterocycles. The molecular weight excluding hydrogens is 294 g/mol. The molecule has 0 rings (SSSR count). The molecule has 0 saturated carbocycles. The maximum atomic E-state index is 10.8. The fraction of sp³-hybridized carbons (Fsp3) is 0.333. The molecule has 2 radical (unpaired) electrons. The van der Waals surface area contributed by atoms with Crippen molar-refractivity contribution in [2.24, 2.45) is 0 Å². The van der Waals surface area contributed by atoms with Gasteiger partial charge in [-0.1, -0.05) is 0 Å². The normalized spacial score (nSPS) is 11.5. The van der Waals surface area contributed by atoms with Gasteiger partial charge in [-0.15, -0.1) is 0 Å². The van der Waals surface area contributed by atoms with Crippen LogP contribution in [0.5, 0.6) is 0 Å². The third-order valence-electron chi connectivity index (χ3n) is 0.948. The van der Waals surface area contributed by atoms with Crippen molar-refractivity contribution < 1.29 is 19.1 Å². The van der Waals surface area contributed by atoms with Crippen LogP contribution in [0.2, 0.25) is 0 Å². The van der Waals surface area contributed by atoms with Gasteiger partial charge in [0.2, 0.25) is 0 Å². The molecule has 0 aliphatic carbocycles. The third-order valence-corrected chi connectivity index (χ3v) is 3.16. The number of hydrogen-bond acceptors (Lipinski definition) is 4. The molecule has 0 unspecified atom stereocenters. The van der Waals surface area contributed by atoms with Crippen LogP contribution in [0.3, 0.4) is 0 Å². The van der Waals surface area contributed by atoms with Crippen LogP contribution < -0.4 is 0 Å². The van der Waals surface area contributed by atoms with Crippen molar-refractivity contribution in [3.8, 4) is 0 Å². The summed E-state index contributed by atoms with van der Waals surface area (Å²) in [7, 11) is 2.45. The van der Waals surface area contributed by atoms with E-state index < -0.39 is 11.9 Å². The Morgan fingerprint density at radius 1 is 0.917 bits per heavy atom. The zero-order valence-electron chi connectivity index (χ0n) is 6.45. The standard InChI is InChI=1S/C6H6O4Se2/c1-9-5(7)3(11)4(12)6(8)10-2/h1-2H3/b4-3-. The summed E-state index contributed by atoms with van der Waals surface area (Å²) >= 11 is 4.83. The van der Waals surface area contributed by atoms with E-state index in [1.165, 1.54) is 14.2 Å². The van der Waals surface area contributed by atoms with Crippen molar-refractivity contribution in [2.45, 2.75) is 0 Å². The number of carbonyl (C=O) groups excluding carboxylic acids is 2. The first-order valence-corrected chi connectivity index (χ1v) is 4.50. The molecule has 0 saturated heterocycles. The molecule has 0 aliphatic heterocycles. The maximum absolute atomic E-state index is 10.8. The summed E-state index contributed by atoms with van der Waals surface area (Å²) in [5.74, 6) is -1.21. The first kappa shape index (κ1) is 11.7. The molecule has 0 aromatic heterocycles. The second kappa shape index (κ2) is 5.38. The van der Waals surface area contributed by atoms with Crippen LogP contribution in [-0.2, 0) is 19.1 Å². The van der Waals surface area contributed by atoms with Crippen LogP contribution in [0, 0.1) is 0 Å². The van der Waals surface area contributed by atoms with Gasteiger partial charge in [0, 0.05) is 0 Å². The SMILES string of the molecule is COC(=O)/C([Se])=C(/[Se])C(=O)OC. The molecule has 66 valence electrons. The number of carbonyl (C=O) groups is 2. The van der Waals surface area contributed by atoms with Crippen LogP contribution in [-0.4, -0.2) is 58.2 Å². The topological polar surface area (TPSA) is 52.6 Å². The molecule has 0 N–H and O–H groups in total. The Hall–Kier alpha value is -0.281. The third kappa shape index (κ3) is 2.99. The van der Waals surface area contributed by atoms with E-state index in [1.807, 2.05) is 0 Å². The van der Waals surface area contributed by atoms with E-state index in [9.17, 15) is 9.59 Å². The van der Waals surface area contributed by atoms with E-state index in [4.69, 9.17) is 0 Å². The number of rotatable bonds is 2. The van der Waals surface area contributed by atoms with Crippen LogP contribution in [0.4, 0.5) is 0 Å². The van der Waals surface area contributed by atoms with Gasteiger partial charge < -0.3 is 0 Å². The molecule has 4 nitrogen and oxygen atoms in total. The molecule has 0 fully saturated rings. The Labute approximate surface area is 86.3 Å². The molecule has 0 bridgehead atoms. The number of hydrogen-bond donors (Lipinski definition) is 0. The molecule has 0 aliphatic rings. The van der Waals surface area contributed by atoms with Gasteiger partial charge in [-0.05, 0) is 0 Å². The van der Waals surface area contributed by atoms with Crippen molar-refractivity contribution in [1.82, 2.24) is 0 Å². The first-order valence-electron chi connectivity index (χ1n) is 2.79. The molecule has 0 amide bonds. The van der Waals surface area contributed by atoms with E-state index in [2.05, 4.69) is 41.5 Å². The summed E-state index contributed by atoms with van der Waals surface area (Å²) in [6.07, 6.45) is 0. The zero-order chi connectivity index (χ0) is 9.72. The van der Waals surface area contributed by atoms with Crippen LogP contribution in [0.1, 0.15) is 0 Å². The second-order valence-corrected chi connectivity index (χ2v) is 3.35. The molecule has 0 atom stereocenters. The van der Waals surface area contributed by atoms with E-state index in [0.717, 1.165) is 0 Å². The molecule has 0 aromatic rings.